The Balaban J connectivity index is 1.71. The molecule has 1 aliphatic rings. The van der Waals surface area contributed by atoms with Gasteiger partial charge in [0.2, 0.25) is 0 Å². The first-order valence-corrected chi connectivity index (χ1v) is 10.9. The Morgan fingerprint density at radius 2 is 1.86 bits per heavy atom. The van der Waals surface area contributed by atoms with Gasteiger partial charge in [-0.15, -0.1) is 0 Å². The lowest BCUT2D eigenvalue weighted by atomic mass is 9.98. The molecule has 0 aliphatic carbocycles. The van der Waals surface area contributed by atoms with Gasteiger partial charge in [0.15, 0.2) is 0 Å². The van der Waals surface area contributed by atoms with E-state index in [-0.39, 0.29) is 23.3 Å². The minimum absolute atomic E-state index is 0.0863. The summed E-state index contributed by atoms with van der Waals surface area (Å²) in [6.45, 7) is 5.12. The van der Waals surface area contributed by atoms with Crippen LogP contribution in [0, 0.1) is 19.8 Å². The molecule has 0 bridgehead atoms. The number of aliphatic hydroxyl groups excluding tert-OH is 1. The third-order valence-electron chi connectivity index (χ3n) is 5.24. The highest BCUT2D eigenvalue weighted by Gasteiger charge is 2.24. The van der Waals surface area contributed by atoms with E-state index in [9.17, 15) is 18.3 Å². The van der Waals surface area contributed by atoms with Gasteiger partial charge < -0.3 is 10.0 Å². The molecule has 28 heavy (non-hydrogen) atoms. The molecule has 1 amide bonds. The number of piperidine rings is 1. The summed E-state index contributed by atoms with van der Waals surface area (Å²) in [5.74, 6) is 0.0310. The number of rotatable bonds is 5. The second kappa shape index (κ2) is 8.32. The molecule has 1 heterocycles. The largest absolute Gasteiger partial charge is 0.396 e. The molecule has 0 spiro atoms. The van der Waals surface area contributed by atoms with Crippen LogP contribution in [-0.2, 0) is 10.0 Å². The number of hydrogen-bond acceptors (Lipinski definition) is 4. The predicted octanol–water partition coefficient (Wildman–Crippen LogP) is 2.95. The van der Waals surface area contributed by atoms with E-state index in [0.29, 0.717) is 24.3 Å². The first-order chi connectivity index (χ1) is 13.3. The van der Waals surface area contributed by atoms with Gasteiger partial charge in [-0.25, -0.2) is 8.42 Å². The molecule has 0 saturated carbocycles. The summed E-state index contributed by atoms with van der Waals surface area (Å²) >= 11 is 0. The van der Waals surface area contributed by atoms with Crippen molar-refractivity contribution in [1.82, 2.24) is 4.90 Å². The van der Waals surface area contributed by atoms with Crippen molar-refractivity contribution in [3.63, 3.8) is 0 Å². The Morgan fingerprint density at radius 3 is 2.50 bits per heavy atom. The second-order valence-electron chi connectivity index (χ2n) is 7.37. The molecule has 7 heteroatoms. The molecule has 1 fully saturated rings. The number of aliphatic hydroxyl groups is 1. The van der Waals surface area contributed by atoms with Crippen LogP contribution < -0.4 is 4.72 Å². The predicted molar refractivity (Wildman–Crippen MR) is 109 cm³/mol. The molecule has 3 rings (SSSR count). The zero-order chi connectivity index (χ0) is 20.3. The van der Waals surface area contributed by atoms with E-state index < -0.39 is 10.0 Å². The van der Waals surface area contributed by atoms with Gasteiger partial charge in [0.25, 0.3) is 15.9 Å². The normalized spacial score (nSPS) is 17.4. The number of carbonyl (C=O) groups is 1. The fourth-order valence-corrected chi connectivity index (χ4v) is 4.50. The lowest BCUT2D eigenvalue weighted by molar-refractivity contribution is 0.0620. The van der Waals surface area contributed by atoms with E-state index in [1.165, 1.54) is 0 Å². The third-order valence-corrected chi connectivity index (χ3v) is 6.62. The van der Waals surface area contributed by atoms with Crippen LogP contribution in [0.15, 0.2) is 47.4 Å². The number of benzene rings is 2. The van der Waals surface area contributed by atoms with Crippen LogP contribution in [0.5, 0.6) is 0 Å². The van der Waals surface area contributed by atoms with Crippen LogP contribution in [0.1, 0.15) is 34.3 Å². The average molecular weight is 403 g/mol. The second-order valence-corrected chi connectivity index (χ2v) is 9.05. The zero-order valence-corrected chi connectivity index (χ0v) is 17.0. The molecule has 150 valence electrons. The Hall–Kier alpha value is -2.38. The molecule has 2 aromatic carbocycles. The fraction of sp³-hybridized carbons (Fsp3) is 0.381. The van der Waals surface area contributed by atoms with Crippen molar-refractivity contribution >= 4 is 21.6 Å². The van der Waals surface area contributed by atoms with Crippen molar-refractivity contribution in [2.75, 3.05) is 24.4 Å². The van der Waals surface area contributed by atoms with Gasteiger partial charge in [0.05, 0.1) is 4.90 Å². The number of likely N-dealkylation sites (tertiary alicyclic amines) is 1. The standard InChI is InChI=1S/C21H26N2O4S/c1-15-5-10-20(12-16(15)2)28(26,27)22-19-8-6-18(7-9-19)21(25)23-11-3-4-17(13-23)14-24/h5-10,12,17,22,24H,3-4,11,13-14H2,1-2H3. The summed E-state index contributed by atoms with van der Waals surface area (Å²) in [7, 11) is -3.69. The van der Waals surface area contributed by atoms with Gasteiger partial charge in [-0.2, -0.15) is 0 Å². The minimum atomic E-state index is -3.69. The van der Waals surface area contributed by atoms with Crippen LogP contribution in [0.25, 0.3) is 0 Å². The number of hydrogen-bond donors (Lipinski definition) is 2. The lowest BCUT2D eigenvalue weighted by Crippen LogP contribution is -2.40. The maximum atomic E-state index is 12.7. The van der Waals surface area contributed by atoms with Crippen LogP contribution >= 0.6 is 0 Å². The van der Waals surface area contributed by atoms with Crippen molar-refractivity contribution in [1.29, 1.82) is 0 Å². The summed E-state index contributed by atoms with van der Waals surface area (Å²) in [6, 6.07) is 11.5. The third kappa shape index (κ3) is 4.54. The summed E-state index contributed by atoms with van der Waals surface area (Å²) in [5.41, 5.74) is 2.85. The molecule has 1 atom stereocenters. The van der Waals surface area contributed by atoms with E-state index in [1.807, 2.05) is 13.8 Å². The zero-order valence-electron chi connectivity index (χ0n) is 16.2. The van der Waals surface area contributed by atoms with E-state index >= 15 is 0 Å². The molecular formula is C21H26N2O4S. The molecule has 1 aliphatic heterocycles. The number of carbonyl (C=O) groups excluding carboxylic acids is 1. The molecular weight excluding hydrogens is 376 g/mol. The number of amides is 1. The van der Waals surface area contributed by atoms with Crippen molar-refractivity contribution in [2.45, 2.75) is 31.6 Å². The van der Waals surface area contributed by atoms with E-state index in [4.69, 9.17) is 0 Å². The fourth-order valence-electron chi connectivity index (χ4n) is 3.36. The Labute approximate surface area is 166 Å². The van der Waals surface area contributed by atoms with Gasteiger partial charge in [-0.05, 0) is 80.1 Å². The summed E-state index contributed by atoms with van der Waals surface area (Å²) in [5, 5.41) is 9.33. The van der Waals surface area contributed by atoms with E-state index in [1.54, 1.807) is 47.4 Å². The van der Waals surface area contributed by atoms with Gasteiger partial charge in [-0.3, -0.25) is 9.52 Å². The molecule has 1 saturated heterocycles. The highest BCUT2D eigenvalue weighted by molar-refractivity contribution is 7.92. The van der Waals surface area contributed by atoms with Crippen molar-refractivity contribution in [2.24, 2.45) is 5.92 Å². The van der Waals surface area contributed by atoms with Gasteiger partial charge >= 0.3 is 0 Å². The van der Waals surface area contributed by atoms with Crippen LogP contribution in [0.3, 0.4) is 0 Å². The quantitative estimate of drug-likeness (QED) is 0.805. The number of aryl methyl sites for hydroxylation is 2. The van der Waals surface area contributed by atoms with Crippen molar-refractivity contribution in [3.05, 3.63) is 59.2 Å². The first-order valence-electron chi connectivity index (χ1n) is 9.40. The summed E-state index contributed by atoms with van der Waals surface area (Å²) < 4.78 is 27.7. The Morgan fingerprint density at radius 1 is 1.14 bits per heavy atom. The lowest BCUT2D eigenvalue weighted by Gasteiger charge is -2.31. The molecule has 1 unspecified atom stereocenters. The van der Waals surface area contributed by atoms with Crippen LogP contribution in [-0.4, -0.2) is 44.0 Å². The molecule has 2 N–H and O–H groups in total. The van der Waals surface area contributed by atoms with E-state index in [2.05, 4.69) is 4.72 Å². The Kier molecular flexibility index (Phi) is 6.05. The molecule has 0 aromatic heterocycles. The van der Waals surface area contributed by atoms with Gasteiger partial charge in [0.1, 0.15) is 0 Å². The van der Waals surface area contributed by atoms with Crippen molar-refractivity contribution in [3.8, 4) is 0 Å². The van der Waals surface area contributed by atoms with E-state index in [0.717, 1.165) is 24.0 Å². The average Bonchev–Trinajstić information content (AvgIpc) is 2.69. The molecule has 2 aromatic rings. The minimum Gasteiger partial charge on any atom is -0.396 e. The number of nitrogens with zero attached hydrogens (tertiary/aromatic N) is 1. The highest BCUT2D eigenvalue weighted by Crippen LogP contribution is 2.21. The number of nitrogens with one attached hydrogen (secondary N) is 1. The number of anilines is 1. The number of sulfonamides is 1. The smallest absolute Gasteiger partial charge is 0.261 e. The van der Waals surface area contributed by atoms with Crippen LogP contribution in [0.4, 0.5) is 5.69 Å². The SMILES string of the molecule is Cc1ccc(S(=O)(=O)Nc2ccc(C(=O)N3CCCC(CO)C3)cc2)cc1C. The topological polar surface area (TPSA) is 86.7 Å². The van der Waals surface area contributed by atoms with Crippen molar-refractivity contribution < 1.29 is 18.3 Å². The summed E-state index contributed by atoms with van der Waals surface area (Å²) in [4.78, 5) is 14.6. The van der Waals surface area contributed by atoms with Gasteiger partial charge in [0, 0.05) is 30.9 Å². The summed E-state index contributed by atoms with van der Waals surface area (Å²) in [6.07, 6.45) is 1.81. The molecule has 6 nitrogen and oxygen atoms in total. The maximum absolute atomic E-state index is 12.7. The Bertz CT molecular complexity index is 955. The maximum Gasteiger partial charge on any atom is 0.261 e. The van der Waals surface area contributed by atoms with Gasteiger partial charge in [-0.1, -0.05) is 6.07 Å². The first kappa shape index (κ1) is 20.4. The molecule has 0 radical (unpaired) electrons. The monoisotopic (exact) mass is 402 g/mol. The van der Waals surface area contributed by atoms with Crippen LogP contribution in [0.2, 0.25) is 0 Å². The highest BCUT2D eigenvalue weighted by atomic mass is 32.2.